The number of nitrogens with zero attached hydrogens (tertiary/aromatic N) is 4. The van der Waals surface area contributed by atoms with E-state index in [-0.39, 0.29) is 0 Å². The number of rotatable bonds is 8. The Labute approximate surface area is 503 Å². The summed E-state index contributed by atoms with van der Waals surface area (Å²) in [5.41, 5.74) is 18.0. The first-order valence-electron chi connectivity index (χ1n) is 28.8. The predicted molar refractivity (Wildman–Crippen MR) is 364 cm³/mol. The zero-order valence-electron chi connectivity index (χ0n) is 46.2. The molecule has 0 atom stereocenters. The van der Waals surface area contributed by atoms with E-state index in [2.05, 4.69) is 276 Å². The summed E-state index contributed by atoms with van der Waals surface area (Å²) >= 11 is 3.61. The second-order valence-corrected chi connectivity index (χ2v) is 24.1. The molecule has 0 unspecified atom stereocenters. The second kappa shape index (κ2) is 19.8. The SMILES string of the molecule is [C-]#[N+]c1c(-c2ccccc2)c(C#N)c(-n2c3c4sc5ccccc5c4cc(-c4ccccc4)c3c3c(-c4ccccc4)cc4c5ccccc5sc4c32)c(-c2ccccc2)c1-n1c2ccc(-c3ccccc3)cc2c2cc(-c3ccccc3)ccc21. The predicted octanol–water partition coefficient (Wildman–Crippen LogP) is 23.0. The summed E-state index contributed by atoms with van der Waals surface area (Å²) in [4.78, 5) is 4.73. The number of nitriles is 1. The number of hydrogen-bond acceptors (Lipinski definition) is 3. The minimum atomic E-state index is 0.392. The molecule has 0 saturated heterocycles. The molecular weight excluding hydrogens is 1080 g/mol. The van der Waals surface area contributed by atoms with Gasteiger partial charge in [-0.3, -0.25) is 0 Å². The molecule has 4 nitrogen and oxygen atoms in total. The molecule has 17 rings (SSSR count). The van der Waals surface area contributed by atoms with Crippen LogP contribution in [0, 0.1) is 17.9 Å². The molecule has 0 amide bonds. The van der Waals surface area contributed by atoms with Crippen molar-refractivity contribution in [1.29, 1.82) is 5.26 Å². The molecule has 0 bridgehead atoms. The molecule has 0 aliphatic heterocycles. The summed E-state index contributed by atoms with van der Waals surface area (Å²) in [6.07, 6.45) is 0. The van der Waals surface area contributed by atoms with E-state index < -0.39 is 0 Å². The molecule has 0 aliphatic carbocycles. The van der Waals surface area contributed by atoms with Gasteiger partial charge in [0.15, 0.2) is 0 Å². The van der Waals surface area contributed by atoms with E-state index in [4.69, 9.17) is 4.85 Å². The van der Waals surface area contributed by atoms with Crippen molar-refractivity contribution in [2.75, 3.05) is 0 Å². The van der Waals surface area contributed by atoms with Crippen molar-refractivity contribution in [2.45, 2.75) is 0 Å². The van der Waals surface area contributed by atoms with Gasteiger partial charge in [0.2, 0.25) is 5.69 Å². The van der Waals surface area contributed by atoms with E-state index >= 15 is 0 Å². The van der Waals surface area contributed by atoms with Crippen molar-refractivity contribution in [1.82, 2.24) is 9.13 Å². The van der Waals surface area contributed by atoms with Gasteiger partial charge in [0.1, 0.15) is 6.07 Å². The van der Waals surface area contributed by atoms with E-state index in [1.807, 2.05) is 18.2 Å². The molecule has 17 aromatic rings. The lowest BCUT2D eigenvalue weighted by atomic mass is 9.88. The van der Waals surface area contributed by atoms with Crippen LogP contribution in [0.4, 0.5) is 5.69 Å². The van der Waals surface area contributed by atoms with Crippen molar-refractivity contribution in [3.8, 4) is 84.2 Å². The van der Waals surface area contributed by atoms with E-state index in [9.17, 15) is 11.8 Å². The smallest absolute Gasteiger partial charge is 0.220 e. The van der Waals surface area contributed by atoms with Crippen LogP contribution in [0.15, 0.2) is 279 Å². The Bertz CT molecular complexity index is 5420. The monoisotopic (exact) mass is 1130 g/mol. The Kier molecular flexibility index (Phi) is 11.4. The van der Waals surface area contributed by atoms with Gasteiger partial charge in [0.05, 0.1) is 55.0 Å². The lowest BCUT2D eigenvalue weighted by molar-refractivity contribution is 1.14. The molecule has 4 aromatic heterocycles. The largest absolute Gasteiger partial charge is 0.318 e. The molecule has 6 heteroatoms. The summed E-state index contributed by atoms with van der Waals surface area (Å²) in [6, 6.07) is 102. The second-order valence-electron chi connectivity index (χ2n) is 22.0. The highest BCUT2D eigenvalue weighted by Gasteiger charge is 2.35. The lowest BCUT2D eigenvalue weighted by Crippen LogP contribution is -2.09. The zero-order valence-corrected chi connectivity index (χ0v) is 47.8. The van der Waals surface area contributed by atoms with Crippen molar-refractivity contribution < 1.29 is 0 Å². The maximum Gasteiger partial charge on any atom is 0.220 e. The topological polar surface area (TPSA) is 38.0 Å². The number of thiophene rings is 2. The summed E-state index contributed by atoms with van der Waals surface area (Å²) in [6.45, 7) is 9.71. The third kappa shape index (κ3) is 7.45. The number of aromatic nitrogens is 2. The van der Waals surface area contributed by atoms with Gasteiger partial charge < -0.3 is 9.13 Å². The van der Waals surface area contributed by atoms with Crippen LogP contribution in [-0.4, -0.2) is 9.13 Å². The van der Waals surface area contributed by atoms with Gasteiger partial charge in [-0.2, -0.15) is 5.26 Å². The molecule has 0 fully saturated rings. The van der Waals surface area contributed by atoms with Gasteiger partial charge in [0, 0.05) is 63.6 Å². The third-order valence-electron chi connectivity index (χ3n) is 17.4. The van der Waals surface area contributed by atoms with Crippen LogP contribution in [0.1, 0.15) is 5.56 Å². The Morgan fingerprint density at radius 1 is 0.337 bits per heavy atom. The fourth-order valence-corrected chi connectivity index (χ4v) is 16.1. The van der Waals surface area contributed by atoms with E-state index in [0.717, 1.165) is 125 Å². The molecule has 0 aliphatic rings. The van der Waals surface area contributed by atoms with Gasteiger partial charge in [0.25, 0.3) is 0 Å². The van der Waals surface area contributed by atoms with Gasteiger partial charge in [-0.05, 0) is 104 Å². The fourth-order valence-electron chi connectivity index (χ4n) is 13.7. The summed E-state index contributed by atoms with van der Waals surface area (Å²) in [5, 5.41) is 21.6. The van der Waals surface area contributed by atoms with Crippen molar-refractivity contribution >= 4 is 112 Å². The highest BCUT2D eigenvalue weighted by molar-refractivity contribution is 7.27. The van der Waals surface area contributed by atoms with Crippen LogP contribution < -0.4 is 0 Å². The molecule has 86 heavy (non-hydrogen) atoms. The number of benzene rings is 13. The van der Waals surface area contributed by atoms with Crippen LogP contribution in [-0.2, 0) is 0 Å². The molecule has 398 valence electrons. The molecule has 4 heterocycles. The Hall–Kier alpha value is -11.1. The summed E-state index contributed by atoms with van der Waals surface area (Å²) in [7, 11) is 0. The van der Waals surface area contributed by atoms with Crippen molar-refractivity contribution in [3.05, 3.63) is 296 Å². The van der Waals surface area contributed by atoms with Crippen LogP contribution in [0.5, 0.6) is 0 Å². The first-order chi connectivity index (χ1) is 42.6. The van der Waals surface area contributed by atoms with E-state index in [1.54, 1.807) is 22.7 Å². The molecule has 0 radical (unpaired) electrons. The average molecular weight is 1130 g/mol. The van der Waals surface area contributed by atoms with Crippen LogP contribution in [0.2, 0.25) is 0 Å². The maximum atomic E-state index is 12.7. The Balaban J connectivity index is 1.17. The normalized spacial score (nSPS) is 11.7. The van der Waals surface area contributed by atoms with Crippen molar-refractivity contribution in [3.63, 3.8) is 0 Å². The maximum absolute atomic E-state index is 12.7. The highest BCUT2D eigenvalue weighted by Crippen LogP contribution is 2.57. The molecule has 0 saturated carbocycles. The third-order valence-corrected chi connectivity index (χ3v) is 19.7. The first-order valence-corrected chi connectivity index (χ1v) is 30.5. The average Bonchev–Trinajstić information content (AvgIpc) is 1.51. The number of fused-ring (bicyclic) bond motifs is 14. The number of hydrogen-bond donors (Lipinski definition) is 0. The van der Waals surface area contributed by atoms with Crippen LogP contribution in [0.25, 0.3) is 167 Å². The minimum absolute atomic E-state index is 0.392. The van der Waals surface area contributed by atoms with Gasteiger partial charge >= 0.3 is 0 Å². The fraction of sp³-hybridized carbons (Fsp3) is 0. The quantitative estimate of drug-likeness (QED) is 0.140. The molecule has 13 aromatic carbocycles. The minimum Gasteiger partial charge on any atom is -0.318 e. The summed E-state index contributed by atoms with van der Waals surface area (Å²) in [5.74, 6) is 0. The zero-order chi connectivity index (χ0) is 57.0. The van der Waals surface area contributed by atoms with Crippen LogP contribution >= 0.6 is 22.7 Å². The Morgan fingerprint density at radius 2 is 0.721 bits per heavy atom. The van der Waals surface area contributed by atoms with Crippen molar-refractivity contribution in [2.24, 2.45) is 0 Å². The molecular formula is C80H46N4S2. The van der Waals surface area contributed by atoms with Crippen LogP contribution in [0.3, 0.4) is 0 Å². The summed E-state index contributed by atoms with van der Waals surface area (Å²) < 4.78 is 9.44. The highest BCUT2D eigenvalue weighted by atomic mass is 32.1. The lowest BCUT2D eigenvalue weighted by Gasteiger charge is -2.26. The molecule has 0 N–H and O–H groups in total. The Morgan fingerprint density at radius 3 is 1.14 bits per heavy atom. The van der Waals surface area contributed by atoms with E-state index in [0.29, 0.717) is 28.2 Å². The van der Waals surface area contributed by atoms with Gasteiger partial charge in [-0.25, -0.2) is 4.85 Å². The molecule has 0 spiro atoms. The van der Waals surface area contributed by atoms with Gasteiger partial charge in [-0.15, -0.1) is 22.7 Å². The standard InChI is InChI=1S/C80H46N4S2/c1-82-74-70(53-32-16-6-17-33-53)65(48-81)75(71(54-34-18-7-19-35-54)76(74)83-66-42-40-55(49-24-8-2-9-25-49)44-61(66)62-45-56(41-43-67(62)83)50-26-10-3-11-27-50)84-77-72(59(51-28-12-4-13-29-51)46-63-57-36-20-22-38-68(57)85-79(63)77)73-60(52-30-14-5-15-31-52)47-64-58-37-21-23-39-69(58)86-80(64)78(73)84/h2-47H. The first kappa shape index (κ1) is 49.5. The van der Waals surface area contributed by atoms with Gasteiger partial charge in [-0.1, -0.05) is 231 Å². The van der Waals surface area contributed by atoms with E-state index in [1.165, 1.54) is 20.2 Å².